The van der Waals surface area contributed by atoms with Gasteiger partial charge in [0.05, 0.1) is 0 Å². The molecular formula is C16H16ClFN2. The molecule has 0 radical (unpaired) electrons. The second-order valence-corrected chi connectivity index (χ2v) is 5.66. The number of hydrogen-bond donors (Lipinski definition) is 2. The van der Waals surface area contributed by atoms with E-state index in [9.17, 15) is 4.39 Å². The van der Waals surface area contributed by atoms with Crippen LogP contribution in [0, 0.1) is 5.82 Å². The first kappa shape index (κ1) is 13.6. The van der Waals surface area contributed by atoms with Gasteiger partial charge in [0.25, 0.3) is 0 Å². The summed E-state index contributed by atoms with van der Waals surface area (Å²) in [6.07, 6.45) is 1.54. The number of hydrazine groups is 1. The van der Waals surface area contributed by atoms with Crippen LogP contribution in [-0.4, -0.2) is 6.04 Å². The first-order chi connectivity index (χ1) is 9.69. The van der Waals surface area contributed by atoms with E-state index in [-0.39, 0.29) is 11.9 Å². The molecule has 2 atom stereocenters. The van der Waals surface area contributed by atoms with Crippen molar-refractivity contribution in [1.82, 2.24) is 5.43 Å². The van der Waals surface area contributed by atoms with Gasteiger partial charge in [-0.3, -0.25) is 11.3 Å². The van der Waals surface area contributed by atoms with E-state index in [1.165, 1.54) is 17.2 Å². The quantitative estimate of drug-likeness (QED) is 0.670. The topological polar surface area (TPSA) is 38.0 Å². The van der Waals surface area contributed by atoms with E-state index in [0.717, 1.165) is 6.42 Å². The Morgan fingerprint density at radius 1 is 1.30 bits per heavy atom. The maximum Gasteiger partial charge on any atom is 0.127 e. The van der Waals surface area contributed by atoms with Crippen molar-refractivity contribution in [1.29, 1.82) is 0 Å². The molecule has 3 N–H and O–H groups in total. The summed E-state index contributed by atoms with van der Waals surface area (Å²) in [6, 6.07) is 13.1. The van der Waals surface area contributed by atoms with Gasteiger partial charge in [-0.25, -0.2) is 4.39 Å². The molecule has 2 nitrogen and oxygen atoms in total. The molecule has 1 aliphatic rings. The van der Waals surface area contributed by atoms with Gasteiger partial charge < -0.3 is 0 Å². The van der Waals surface area contributed by atoms with E-state index in [2.05, 4.69) is 17.6 Å². The molecule has 0 fully saturated rings. The Bertz CT molecular complexity index is 630. The van der Waals surface area contributed by atoms with Gasteiger partial charge in [-0.05, 0) is 41.7 Å². The lowest BCUT2D eigenvalue weighted by atomic mass is 9.72. The smallest absolute Gasteiger partial charge is 0.127 e. The fraction of sp³-hybridized carbons (Fsp3) is 0.250. The molecule has 1 aliphatic carbocycles. The highest BCUT2D eigenvalue weighted by atomic mass is 35.5. The molecule has 4 heteroatoms. The summed E-state index contributed by atoms with van der Waals surface area (Å²) < 4.78 is 13.9. The van der Waals surface area contributed by atoms with Crippen molar-refractivity contribution >= 4 is 11.6 Å². The largest absolute Gasteiger partial charge is 0.271 e. The van der Waals surface area contributed by atoms with Crippen LogP contribution in [0.3, 0.4) is 0 Å². The minimum atomic E-state index is -0.273. The number of halogens is 2. The lowest BCUT2D eigenvalue weighted by Crippen LogP contribution is -2.45. The molecule has 0 saturated heterocycles. The van der Waals surface area contributed by atoms with Gasteiger partial charge in [-0.1, -0.05) is 41.9 Å². The SMILES string of the molecule is NNC(Cc1ccc(Cl)cc1F)C1Cc2ccccc21. The van der Waals surface area contributed by atoms with E-state index in [1.54, 1.807) is 12.1 Å². The van der Waals surface area contributed by atoms with Crippen molar-refractivity contribution in [2.75, 3.05) is 0 Å². The Kier molecular flexibility index (Phi) is 3.74. The van der Waals surface area contributed by atoms with Gasteiger partial charge in [0.2, 0.25) is 0 Å². The number of fused-ring (bicyclic) bond motifs is 1. The number of rotatable bonds is 4. The summed E-state index contributed by atoms with van der Waals surface area (Å²) in [7, 11) is 0. The van der Waals surface area contributed by atoms with E-state index >= 15 is 0 Å². The molecule has 2 aromatic carbocycles. The van der Waals surface area contributed by atoms with Crippen LogP contribution in [0.1, 0.15) is 22.6 Å². The molecule has 104 valence electrons. The standard InChI is InChI=1S/C16H16ClFN2/c17-12-6-5-11(15(18)9-12)8-16(20-19)14-7-10-3-1-2-4-13(10)14/h1-6,9,14,16,20H,7-8,19H2. The molecule has 0 amide bonds. The number of hydrogen-bond acceptors (Lipinski definition) is 2. The van der Waals surface area contributed by atoms with Gasteiger partial charge >= 0.3 is 0 Å². The van der Waals surface area contributed by atoms with Crippen molar-refractivity contribution < 1.29 is 4.39 Å². The third-order valence-corrected chi connectivity index (χ3v) is 4.28. The Hall–Kier alpha value is -1.42. The minimum Gasteiger partial charge on any atom is -0.271 e. The Morgan fingerprint density at radius 2 is 2.10 bits per heavy atom. The molecule has 0 heterocycles. The average molecular weight is 291 g/mol. The van der Waals surface area contributed by atoms with Crippen LogP contribution in [-0.2, 0) is 12.8 Å². The summed E-state index contributed by atoms with van der Waals surface area (Å²) in [4.78, 5) is 0. The van der Waals surface area contributed by atoms with Crippen LogP contribution in [0.4, 0.5) is 4.39 Å². The molecule has 3 rings (SSSR count). The normalized spacial score (nSPS) is 18.2. The number of nitrogens with one attached hydrogen (secondary N) is 1. The van der Waals surface area contributed by atoms with Crippen LogP contribution in [0.25, 0.3) is 0 Å². The summed E-state index contributed by atoms with van der Waals surface area (Å²) in [5, 5.41) is 0.414. The van der Waals surface area contributed by atoms with Crippen molar-refractivity contribution in [3.05, 3.63) is 70.0 Å². The molecule has 0 bridgehead atoms. The second-order valence-electron chi connectivity index (χ2n) is 5.22. The van der Waals surface area contributed by atoms with Gasteiger partial charge in [-0.2, -0.15) is 0 Å². The van der Waals surface area contributed by atoms with Crippen LogP contribution in [0.5, 0.6) is 0 Å². The number of nitrogens with two attached hydrogens (primary N) is 1. The van der Waals surface area contributed by atoms with Gasteiger partial charge in [0, 0.05) is 17.0 Å². The third-order valence-electron chi connectivity index (χ3n) is 4.05. The third kappa shape index (κ3) is 2.44. The molecule has 0 spiro atoms. The van der Waals surface area contributed by atoms with Gasteiger partial charge in [0.15, 0.2) is 0 Å². The van der Waals surface area contributed by atoms with Gasteiger partial charge in [0.1, 0.15) is 5.82 Å². The summed E-state index contributed by atoms with van der Waals surface area (Å²) in [5.41, 5.74) is 6.14. The lowest BCUT2D eigenvalue weighted by molar-refractivity contribution is 0.399. The molecule has 0 aliphatic heterocycles. The maximum atomic E-state index is 13.9. The van der Waals surface area contributed by atoms with Crippen LogP contribution < -0.4 is 11.3 Å². The Balaban J connectivity index is 1.79. The maximum absolute atomic E-state index is 13.9. The predicted octanol–water partition coefficient (Wildman–Crippen LogP) is 3.19. The lowest BCUT2D eigenvalue weighted by Gasteiger charge is -2.36. The highest BCUT2D eigenvalue weighted by Gasteiger charge is 2.32. The second kappa shape index (κ2) is 5.52. The van der Waals surface area contributed by atoms with Crippen LogP contribution in [0.2, 0.25) is 5.02 Å². The van der Waals surface area contributed by atoms with Crippen molar-refractivity contribution in [3.63, 3.8) is 0 Å². The summed E-state index contributed by atoms with van der Waals surface area (Å²) in [6.45, 7) is 0. The van der Waals surface area contributed by atoms with Crippen molar-refractivity contribution in [2.45, 2.75) is 24.8 Å². The zero-order valence-electron chi connectivity index (χ0n) is 10.9. The van der Waals surface area contributed by atoms with E-state index in [0.29, 0.717) is 22.9 Å². The fourth-order valence-electron chi connectivity index (χ4n) is 2.90. The van der Waals surface area contributed by atoms with Crippen molar-refractivity contribution in [2.24, 2.45) is 5.84 Å². The zero-order valence-corrected chi connectivity index (χ0v) is 11.7. The predicted molar refractivity (Wildman–Crippen MR) is 79.1 cm³/mol. The fourth-order valence-corrected chi connectivity index (χ4v) is 3.06. The van der Waals surface area contributed by atoms with E-state index < -0.39 is 0 Å². The van der Waals surface area contributed by atoms with E-state index in [4.69, 9.17) is 17.4 Å². The first-order valence-electron chi connectivity index (χ1n) is 6.67. The minimum absolute atomic E-state index is 0.0283. The van der Waals surface area contributed by atoms with Crippen molar-refractivity contribution in [3.8, 4) is 0 Å². The zero-order chi connectivity index (χ0) is 14.1. The Labute approximate surface area is 122 Å². The Morgan fingerprint density at radius 3 is 2.80 bits per heavy atom. The molecule has 2 aromatic rings. The number of benzene rings is 2. The molecule has 0 aromatic heterocycles. The highest BCUT2D eigenvalue weighted by molar-refractivity contribution is 6.30. The van der Waals surface area contributed by atoms with Crippen LogP contribution >= 0.6 is 11.6 Å². The van der Waals surface area contributed by atoms with E-state index in [1.807, 2.05) is 12.1 Å². The summed E-state index contributed by atoms with van der Waals surface area (Å²) >= 11 is 5.77. The molecular weight excluding hydrogens is 275 g/mol. The molecule has 20 heavy (non-hydrogen) atoms. The average Bonchev–Trinajstić information content (AvgIpc) is 2.41. The first-order valence-corrected chi connectivity index (χ1v) is 7.04. The molecule has 2 unspecified atom stereocenters. The monoisotopic (exact) mass is 290 g/mol. The highest BCUT2D eigenvalue weighted by Crippen LogP contribution is 2.38. The summed E-state index contributed by atoms with van der Waals surface area (Å²) in [5.74, 6) is 5.74. The van der Waals surface area contributed by atoms with Gasteiger partial charge in [-0.15, -0.1) is 0 Å². The van der Waals surface area contributed by atoms with Crippen LogP contribution in [0.15, 0.2) is 42.5 Å². The molecule has 0 saturated carbocycles.